The summed E-state index contributed by atoms with van der Waals surface area (Å²) < 4.78 is 15.4. The summed E-state index contributed by atoms with van der Waals surface area (Å²) in [6, 6.07) is 11.3. The molecule has 11 heteroatoms. The van der Waals surface area contributed by atoms with Crippen LogP contribution in [0, 0.1) is 10.1 Å². The van der Waals surface area contributed by atoms with Crippen molar-refractivity contribution in [2.45, 2.75) is 0 Å². The SMILES string of the molecule is COc1ccc(-c2nnc(NC(=O)COc3ccc([N+](=O)[O-])c(OC)c3)s2)cc1. The maximum atomic E-state index is 12.1. The molecule has 0 radical (unpaired) electrons. The van der Waals surface area contributed by atoms with E-state index in [-0.39, 0.29) is 23.8 Å². The van der Waals surface area contributed by atoms with Crippen LogP contribution in [0.5, 0.6) is 17.2 Å². The summed E-state index contributed by atoms with van der Waals surface area (Å²) in [5.74, 6) is 0.589. The Morgan fingerprint density at radius 3 is 2.48 bits per heavy atom. The zero-order valence-corrected chi connectivity index (χ0v) is 16.3. The summed E-state index contributed by atoms with van der Waals surface area (Å²) in [4.78, 5) is 22.4. The maximum absolute atomic E-state index is 12.1. The van der Waals surface area contributed by atoms with E-state index in [4.69, 9.17) is 14.2 Å². The third kappa shape index (κ3) is 4.96. The van der Waals surface area contributed by atoms with Gasteiger partial charge in [0.25, 0.3) is 5.91 Å². The van der Waals surface area contributed by atoms with Crippen LogP contribution in [0.2, 0.25) is 0 Å². The summed E-state index contributed by atoms with van der Waals surface area (Å²) in [5, 5.41) is 22.5. The molecule has 0 fully saturated rings. The van der Waals surface area contributed by atoms with Crippen LogP contribution in [0.25, 0.3) is 10.6 Å². The van der Waals surface area contributed by atoms with Crippen molar-refractivity contribution in [3.05, 3.63) is 52.6 Å². The fraction of sp³-hybridized carbons (Fsp3) is 0.167. The summed E-state index contributed by atoms with van der Waals surface area (Å²) >= 11 is 1.22. The molecule has 0 aliphatic heterocycles. The first-order valence-corrected chi connectivity index (χ1v) is 9.05. The van der Waals surface area contributed by atoms with Crippen LogP contribution in [0.15, 0.2) is 42.5 Å². The second-order valence-corrected chi connectivity index (χ2v) is 6.55. The molecular weight excluding hydrogens is 400 g/mol. The van der Waals surface area contributed by atoms with Gasteiger partial charge in [0, 0.05) is 17.7 Å². The van der Waals surface area contributed by atoms with Crippen LogP contribution in [0.1, 0.15) is 0 Å². The molecule has 1 aromatic heterocycles. The van der Waals surface area contributed by atoms with Gasteiger partial charge < -0.3 is 14.2 Å². The number of benzene rings is 2. The van der Waals surface area contributed by atoms with E-state index in [9.17, 15) is 14.9 Å². The normalized spacial score (nSPS) is 10.3. The number of amides is 1. The van der Waals surface area contributed by atoms with E-state index in [1.165, 1.54) is 36.6 Å². The van der Waals surface area contributed by atoms with Crippen molar-refractivity contribution in [1.29, 1.82) is 0 Å². The van der Waals surface area contributed by atoms with E-state index >= 15 is 0 Å². The number of nitrogens with zero attached hydrogens (tertiary/aromatic N) is 3. The number of carbonyl (C=O) groups excluding carboxylic acids is 1. The molecule has 3 rings (SSSR count). The topological polar surface area (TPSA) is 126 Å². The third-order valence-electron chi connectivity index (χ3n) is 3.73. The van der Waals surface area contributed by atoms with Crippen LogP contribution >= 0.6 is 11.3 Å². The first-order valence-electron chi connectivity index (χ1n) is 8.23. The fourth-order valence-corrected chi connectivity index (χ4v) is 3.09. The Morgan fingerprint density at radius 2 is 1.83 bits per heavy atom. The predicted octanol–water partition coefficient (Wildman–Crippen LogP) is 3.15. The maximum Gasteiger partial charge on any atom is 0.311 e. The van der Waals surface area contributed by atoms with E-state index in [2.05, 4.69) is 15.5 Å². The fourth-order valence-electron chi connectivity index (χ4n) is 2.33. The number of anilines is 1. The molecule has 0 aliphatic carbocycles. The molecule has 29 heavy (non-hydrogen) atoms. The van der Waals surface area contributed by atoms with Crippen LogP contribution in [0.4, 0.5) is 10.8 Å². The van der Waals surface area contributed by atoms with Gasteiger partial charge in [-0.2, -0.15) is 0 Å². The highest BCUT2D eigenvalue weighted by Crippen LogP contribution is 2.31. The number of nitro benzene ring substituents is 1. The molecule has 10 nitrogen and oxygen atoms in total. The Labute approximate surface area is 169 Å². The zero-order chi connectivity index (χ0) is 20.8. The largest absolute Gasteiger partial charge is 0.497 e. The van der Waals surface area contributed by atoms with Gasteiger partial charge in [-0.05, 0) is 30.3 Å². The lowest BCUT2D eigenvalue weighted by Gasteiger charge is -2.07. The van der Waals surface area contributed by atoms with Gasteiger partial charge in [0.05, 0.1) is 19.1 Å². The van der Waals surface area contributed by atoms with Gasteiger partial charge in [-0.3, -0.25) is 20.2 Å². The molecule has 150 valence electrons. The number of carbonyl (C=O) groups is 1. The molecule has 0 saturated heterocycles. The highest BCUT2D eigenvalue weighted by atomic mass is 32.1. The second-order valence-electron chi connectivity index (χ2n) is 5.57. The van der Waals surface area contributed by atoms with Gasteiger partial charge in [-0.25, -0.2) is 0 Å². The molecule has 0 aliphatic rings. The van der Waals surface area contributed by atoms with Crippen molar-refractivity contribution in [2.24, 2.45) is 0 Å². The van der Waals surface area contributed by atoms with Crippen molar-refractivity contribution in [2.75, 3.05) is 26.1 Å². The average molecular weight is 416 g/mol. The Balaban J connectivity index is 1.58. The molecule has 0 spiro atoms. The van der Waals surface area contributed by atoms with Gasteiger partial charge in [0.1, 0.15) is 16.5 Å². The highest BCUT2D eigenvalue weighted by molar-refractivity contribution is 7.18. The smallest absolute Gasteiger partial charge is 0.311 e. The molecule has 1 heterocycles. The lowest BCUT2D eigenvalue weighted by atomic mass is 10.2. The van der Waals surface area contributed by atoms with Gasteiger partial charge in [0.2, 0.25) is 10.9 Å². The van der Waals surface area contributed by atoms with E-state index in [0.717, 1.165) is 11.3 Å². The van der Waals surface area contributed by atoms with Crippen LogP contribution in [-0.4, -0.2) is 41.9 Å². The second kappa shape index (κ2) is 8.97. The van der Waals surface area contributed by atoms with Crippen molar-refractivity contribution >= 4 is 28.1 Å². The third-order valence-corrected chi connectivity index (χ3v) is 4.61. The number of nitro groups is 1. The highest BCUT2D eigenvalue weighted by Gasteiger charge is 2.16. The molecule has 3 aromatic rings. The van der Waals surface area contributed by atoms with Crippen LogP contribution in [0.3, 0.4) is 0 Å². The predicted molar refractivity (Wildman–Crippen MR) is 106 cm³/mol. The van der Waals surface area contributed by atoms with Gasteiger partial charge in [-0.15, -0.1) is 10.2 Å². The van der Waals surface area contributed by atoms with Crippen molar-refractivity contribution in [1.82, 2.24) is 10.2 Å². The summed E-state index contributed by atoms with van der Waals surface area (Å²) in [6.07, 6.45) is 0. The minimum absolute atomic E-state index is 0.0427. The summed E-state index contributed by atoms with van der Waals surface area (Å²) in [7, 11) is 2.90. The van der Waals surface area contributed by atoms with E-state index in [1.54, 1.807) is 19.2 Å². The molecule has 1 amide bonds. The van der Waals surface area contributed by atoms with Crippen LogP contribution in [-0.2, 0) is 4.79 Å². The molecular formula is C18H16N4O6S. The van der Waals surface area contributed by atoms with Gasteiger partial charge in [-0.1, -0.05) is 11.3 Å². The summed E-state index contributed by atoms with van der Waals surface area (Å²) in [6.45, 7) is -0.307. The molecule has 0 unspecified atom stereocenters. The number of hydrogen-bond donors (Lipinski definition) is 1. The van der Waals surface area contributed by atoms with Crippen molar-refractivity contribution < 1.29 is 23.9 Å². The van der Waals surface area contributed by atoms with Crippen molar-refractivity contribution in [3.63, 3.8) is 0 Å². The minimum Gasteiger partial charge on any atom is -0.497 e. The number of methoxy groups -OCH3 is 2. The number of aromatic nitrogens is 2. The van der Waals surface area contributed by atoms with Gasteiger partial charge in [0.15, 0.2) is 6.61 Å². The molecule has 0 atom stereocenters. The molecule has 2 aromatic carbocycles. The average Bonchev–Trinajstić information content (AvgIpc) is 3.20. The summed E-state index contributed by atoms with van der Waals surface area (Å²) in [5.41, 5.74) is 0.655. The monoisotopic (exact) mass is 416 g/mol. The Bertz CT molecular complexity index is 1020. The number of ether oxygens (including phenoxy) is 3. The first-order chi connectivity index (χ1) is 14.0. The van der Waals surface area contributed by atoms with E-state index < -0.39 is 10.8 Å². The van der Waals surface area contributed by atoms with E-state index in [0.29, 0.717) is 10.1 Å². The molecule has 0 bridgehead atoms. The zero-order valence-electron chi connectivity index (χ0n) is 15.4. The standard InChI is InChI=1S/C18H16N4O6S/c1-26-12-5-3-11(4-6-12)17-20-21-18(29-17)19-16(23)10-28-13-7-8-14(22(24)25)15(9-13)27-2/h3-9H,10H2,1-2H3,(H,19,21,23). The number of nitrogens with one attached hydrogen (secondary N) is 1. The number of rotatable bonds is 8. The van der Waals surface area contributed by atoms with Crippen LogP contribution < -0.4 is 19.5 Å². The molecule has 1 N–H and O–H groups in total. The lowest BCUT2D eigenvalue weighted by molar-refractivity contribution is -0.385. The Morgan fingerprint density at radius 1 is 1.10 bits per heavy atom. The van der Waals surface area contributed by atoms with E-state index in [1.807, 2.05) is 12.1 Å². The minimum atomic E-state index is -0.564. The Kier molecular flexibility index (Phi) is 6.19. The lowest BCUT2D eigenvalue weighted by Crippen LogP contribution is -2.20. The first kappa shape index (κ1) is 20.0. The van der Waals surface area contributed by atoms with Crippen molar-refractivity contribution in [3.8, 4) is 27.8 Å². The Hall–Kier alpha value is -3.73. The molecule has 0 saturated carbocycles. The van der Waals surface area contributed by atoms with Gasteiger partial charge >= 0.3 is 5.69 Å². The number of hydrogen-bond acceptors (Lipinski definition) is 9. The quantitative estimate of drug-likeness (QED) is 0.438.